The van der Waals surface area contributed by atoms with Crippen LogP contribution >= 0.6 is 11.6 Å². The summed E-state index contributed by atoms with van der Waals surface area (Å²) in [5.41, 5.74) is 2.47. The molecule has 1 aliphatic rings. The predicted molar refractivity (Wildman–Crippen MR) is 127 cm³/mol. The quantitative estimate of drug-likeness (QED) is 0.329. The lowest BCUT2D eigenvalue weighted by atomic mass is 9.90. The second-order valence-electron chi connectivity index (χ2n) is 8.45. The van der Waals surface area contributed by atoms with Gasteiger partial charge in [-0.3, -0.25) is 9.97 Å². The number of nitrogens with one attached hydrogen (secondary N) is 2. The van der Waals surface area contributed by atoms with Crippen molar-refractivity contribution in [2.45, 2.75) is 43.9 Å². The lowest BCUT2D eigenvalue weighted by Gasteiger charge is -2.31. The van der Waals surface area contributed by atoms with Gasteiger partial charge in [0.1, 0.15) is 0 Å². The van der Waals surface area contributed by atoms with Crippen LogP contribution in [0, 0.1) is 0 Å². The Morgan fingerprint density at radius 1 is 0.727 bits per heavy atom. The molecule has 0 amide bonds. The van der Waals surface area contributed by atoms with Crippen LogP contribution in [-0.4, -0.2) is 22.1 Å². The molecule has 2 heterocycles. The third kappa shape index (κ3) is 4.69. The van der Waals surface area contributed by atoms with Crippen molar-refractivity contribution in [1.82, 2.24) is 9.97 Å². The minimum atomic E-state index is -4.38. The lowest BCUT2D eigenvalue weighted by molar-refractivity contribution is -0.137. The summed E-state index contributed by atoms with van der Waals surface area (Å²) in [7, 11) is 0. The summed E-state index contributed by atoms with van der Waals surface area (Å²) < 4.78 is 39.6. The van der Waals surface area contributed by atoms with Crippen molar-refractivity contribution in [3.63, 3.8) is 0 Å². The summed E-state index contributed by atoms with van der Waals surface area (Å²) in [6, 6.07) is 13.6. The molecule has 1 fully saturated rings. The Kier molecular flexibility index (Phi) is 5.74. The Balaban J connectivity index is 1.27. The Bertz CT molecular complexity index is 1300. The van der Waals surface area contributed by atoms with Gasteiger partial charge < -0.3 is 10.6 Å². The van der Waals surface area contributed by atoms with Gasteiger partial charge in [0, 0.05) is 51.6 Å². The molecule has 8 heteroatoms. The molecule has 2 N–H and O–H groups in total. The largest absolute Gasteiger partial charge is 0.416 e. The molecule has 0 radical (unpaired) electrons. The lowest BCUT2D eigenvalue weighted by Crippen LogP contribution is -2.32. The topological polar surface area (TPSA) is 49.8 Å². The zero-order valence-electron chi connectivity index (χ0n) is 17.7. The van der Waals surface area contributed by atoms with Gasteiger partial charge in [-0.15, -0.1) is 0 Å². The average Bonchev–Trinajstić information content (AvgIpc) is 2.79. The van der Waals surface area contributed by atoms with Crippen LogP contribution in [0.1, 0.15) is 31.2 Å². The number of rotatable bonds is 4. The van der Waals surface area contributed by atoms with Crippen LogP contribution in [0.2, 0.25) is 5.02 Å². The molecule has 2 aromatic carbocycles. The fourth-order valence-corrected chi connectivity index (χ4v) is 4.68. The van der Waals surface area contributed by atoms with Crippen molar-refractivity contribution in [1.29, 1.82) is 0 Å². The van der Waals surface area contributed by atoms with Crippen molar-refractivity contribution < 1.29 is 13.2 Å². The van der Waals surface area contributed by atoms with Crippen molar-refractivity contribution >= 4 is 44.8 Å². The monoisotopic (exact) mass is 470 g/mol. The molecule has 0 bridgehead atoms. The number of anilines is 2. The highest BCUT2D eigenvalue weighted by Crippen LogP contribution is 2.34. The van der Waals surface area contributed by atoms with E-state index in [-0.39, 0.29) is 6.04 Å². The van der Waals surface area contributed by atoms with Crippen LogP contribution in [0.15, 0.2) is 60.9 Å². The highest BCUT2D eigenvalue weighted by atomic mass is 35.5. The normalized spacial score (nSPS) is 19.0. The SMILES string of the molecule is FC(F)(F)c1ccc2nccc(NC3CCC(Nc4ccnc5cc(Cl)ccc45)CC3)c2c1. The van der Waals surface area contributed by atoms with Crippen molar-refractivity contribution in [2.75, 3.05) is 10.6 Å². The summed E-state index contributed by atoms with van der Waals surface area (Å²) in [6.07, 6.45) is 2.75. The van der Waals surface area contributed by atoms with E-state index in [1.54, 1.807) is 18.5 Å². The number of benzene rings is 2. The molecule has 0 unspecified atom stereocenters. The summed E-state index contributed by atoms with van der Waals surface area (Å²) in [5, 5.41) is 9.28. The molecule has 1 saturated carbocycles. The van der Waals surface area contributed by atoms with Gasteiger partial charge >= 0.3 is 6.18 Å². The van der Waals surface area contributed by atoms with Gasteiger partial charge in [-0.2, -0.15) is 13.2 Å². The molecule has 0 spiro atoms. The minimum absolute atomic E-state index is 0.191. The van der Waals surface area contributed by atoms with Gasteiger partial charge in [0.15, 0.2) is 0 Å². The fraction of sp³-hybridized carbons (Fsp3) is 0.280. The fourth-order valence-electron chi connectivity index (χ4n) is 4.52. The minimum Gasteiger partial charge on any atom is -0.382 e. The highest BCUT2D eigenvalue weighted by Gasteiger charge is 2.31. The second-order valence-corrected chi connectivity index (χ2v) is 8.88. The molecule has 2 aromatic heterocycles. The molecule has 1 aliphatic carbocycles. The van der Waals surface area contributed by atoms with E-state index in [4.69, 9.17) is 11.6 Å². The number of hydrogen-bond acceptors (Lipinski definition) is 4. The zero-order valence-corrected chi connectivity index (χ0v) is 18.4. The molecule has 33 heavy (non-hydrogen) atoms. The maximum atomic E-state index is 13.2. The van der Waals surface area contributed by atoms with Crippen LogP contribution < -0.4 is 10.6 Å². The van der Waals surface area contributed by atoms with E-state index in [2.05, 4.69) is 20.6 Å². The van der Waals surface area contributed by atoms with Crippen LogP contribution in [0.25, 0.3) is 21.8 Å². The van der Waals surface area contributed by atoms with Crippen LogP contribution in [-0.2, 0) is 6.18 Å². The van der Waals surface area contributed by atoms with E-state index in [1.165, 1.54) is 12.1 Å². The summed E-state index contributed by atoms with van der Waals surface area (Å²) in [6.45, 7) is 0. The first-order chi connectivity index (χ1) is 15.9. The molecular formula is C25H22ClF3N4. The molecule has 170 valence electrons. The highest BCUT2D eigenvalue weighted by molar-refractivity contribution is 6.31. The number of pyridine rings is 2. The van der Waals surface area contributed by atoms with E-state index in [9.17, 15) is 13.2 Å². The van der Waals surface area contributed by atoms with Gasteiger partial charge in [-0.25, -0.2) is 0 Å². The van der Waals surface area contributed by atoms with E-state index < -0.39 is 11.7 Å². The van der Waals surface area contributed by atoms with Gasteiger partial charge in [0.05, 0.1) is 16.6 Å². The number of hydrogen-bond donors (Lipinski definition) is 2. The molecule has 4 aromatic rings. The molecule has 0 atom stereocenters. The molecule has 0 aliphatic heterocycles. The van der Waals surface area contributed by atoms with E-state index in [1.807, 2.05) is 24.3 Å². The zero-order chi connectivity index (χ0) is 23.0. The second kappa shape index (κ2) is 8.71. The van der Waals surface area contributed by atoms with Gasteiger partial charge in [-0.05, 0) is 74.2 Å². The van der Waals surface area contributed by atoms with Crippen molar-refractivity contribution in [2.24, 2.45) is 0 Å². The predicted octanol–water partition coefficient (Wildman–Crippen LogP) is 7.29. The number of halogens is 4. The summed E-state index contributed by atoms with van der Waals surface area (Å²) in [5.74, 6) is 0. The first-order valence-electron chi connectivity index (χ1n) is 10.9. The summed E-state index contributed by atoms with van der Waals surface area (Å²) >= 11 is 6.09. The van der Waals surface area contributed by atoms with E-state index >= 15 is 0 Å². The van der Waals surface area contributed by atoms with Gasteiger partial charge in [-0.1, -0.05) is 11.6 Å². The number of fused-ring (bicyclic) bond motifs is 2. The van der Waals surface area contributed by atoms with Crippen LogP contribution in [0.5, 0.6) is 0 Å². The Hall–Kier alpha value is -3.06. The number of aromatic nitrogens is 2. The molecule has 4 nitrogen and oxygen atoms in total. The Morgan fingerprint density at radius 3 is 1.97 bits per heavy atom. The Labute approximate surface area is 194 Å². The van der Waals surface area contributed by atoms with Gasteiger partial charge in [0.2, 0.25) is 0 Å². The maximum Gasteiger partial charge on any atom is 0.416 e. The maximum absolute atomic E-state index is 13.2. The van der Waals surface area contributed by atoms with Crippen LogP contribution in [0.3, 0.4) is 0 Å². The number of nitrogens with zero attached hydrogens (tertiary/aromatic N) is 2. The first kappa shape index (κ1) is 21.8. The molecule has 5 rings (SSSR count). The van der Waals surface area contributed by atoms with Gasteiger partial charge in [0.25, 0.3) is 0 Å². The molecular weight excluding hydrogens is 449 g/mol. The molecule has 0 saturated heterocycles. The third-order valence-electron chi connectivity index (χ3n) is 6.22. The van der Waals surface area contributed by atoms with Crippen molar-refractivity contribution in [3.05, 3.63) is 71.5 Å². The van der Waals surface area contributed by atoms with E-state index in [0.29, 0.717) is 27.7 Å². The number of alkyl halides is 3. The van der Waals surface area contributed by atoms with E-state index in [0.717, 1.165) is 48.3 Å². The third-order valence-corrected chi connectivity index (χ3v) is 6.46. The Morgan fingerprint density at radius 2 is 1.33 bits per heavy atom. The first-order valence-corrected chi connectivity index (χ1v) is 11.3. The van der Waals surface area contributed by atoms with Crippen LogP contribution in [0.4, 0.5) is 24.5 Å². The smallest absolute Gasteiger partial charge is 0.382 e. The average molecular weight is 471 g/mol. The van der Waals surface area contributed by atoms with Crippen molar-refractivity contribution in [3.8, 4) is 0 Å². The standard InChI is InChI=1S/C25H22ClF3N4/c26-16-2-7-19-22(9-12-31-24(19)14-16)32-17-3-5-18(6-4-17)33-23-10-11-30-21-8-1-15(13-20(21)23)25(27,28)29/h1-2,7-14,17-18H,3-6H2,(H,30,33)(H,31,32). The summed E-state index contributed by atoms with van der Waals surface area (Å²) in [4.78, 5) is 8.61.